The van der Waals surface area contributed by atoms with E-state index < -0.39 is 0 Å². The summed E-state index contributed by atoms with van der Waals surface area (Å²) in [4.78, 5) is 14.8. The van der Waals surface area contributed by atoms with E-state index in [0.717, 1.165) is 43.6 Å². The van der Waals surface area contributed by atoms with E-state index in [1.807, 2.05) is 47.1 Å². The van der Waals surface area contributed by atoms with Crippen LogP contribution in [0.2, 0.25) is 0 Å². The quantitative estimate of drug-likeness (QED) is 0.748. The number of nitrogens with zero attached hydrogens (tertiary/aromatic N) is 2. The van der Waals surface area contributed by atoms with Gasteiger partial charge in [-0.15, -0.1) is 0 Å². The largest absolute Gasteiger partial charge is 0.352 e. The average Bonchev–Trinajstić information content (AvgIpc) is 3.12. The zero-order chi connectivity index (χ0) is 18.6. The van der Waals surface area contributed by atoms with Gasteiger partial charge in [0.25, 0.3) is 5.91 Å². The maximum atomic E-state index is 13.3. The number of nitrogens with one attached hydrogen (secondary N) is 1. The van der Waals surface area contributed by atoms with Crippen molar-refractivity contribution in [3.63, 3.8) is 0 Å². The molecule has 0 spiro atoms. The fraction of sp³-hybridized carbons (Fsp3) is 0.318. The Bertz CT molecular complexity index is 895. The highest BCUT2D eigenvalue weighted by atomic mass is 19.1. The number of hydrogen-bond donors (Lipinski definition) is 1. The summed E-state index contributed by atoms with van der Waals surface area (Å²) < 4.78 is 15.3. The van der Waals surface area contributed by atoms with Crippen molar-refractivity contribution in [1.82, 2.24) is 14.6 Å². The average molecular weight is 365 g/mol. The predicted octanol–water partition coefficient (Wildman–Crippen LogP) is 3.72. The molecule has 0 aliphatic carbocycles. The van der Waals surface area contributed by atoms with E-state index >= 15 is 0 Å². The second kappa shape index (κ2) is 7.92. The summed E-state index contributed by atoms with van der Waals surface area (Å²) >= 11 is 0. The first-order valence-electron chi connectivity index (χ1n) is 9.49. The molecule has 1 aromatic carbocycles. The minimum absolute atomic E-state index is 0.0131. The lowest BCUT2D eigenvalue weighted by molar-refractivity contribution is 0.0935. The summed E-state index contributed by atoms with van der Waals surface area (Å²) in [6, 6.07) is 14.6. The second-order valence-electron chi connectivity index (χ2n) is 7.32. The standard InChI is InChI=1S/C22H24FN3O/c23-20-5-3-4-18(12-20)15-25-10-7-17(8-11-25)14-24-22(27)19-13-21-6-1-2-9-26(21)16-19/h1-6,9,12-13,16-17H,7-8,10-11,14-15H2,(H,24,27). The van der Waals surface area contributed by atoms with E-state index in [9.17, 15) is 9.18 Å². The van der Waals surface area contributed by atoms with Gasteiger partial charge < -0.3 is 9.72 Å². The number of hydrogen-bond acceptors (Lipinski definition) is 2. The lowest BCUT2D eigenvalue weighted by Crippen LogP contribution is -2.38. The lowest BCUT2D eigenvalue weighted by atomic mass is 9.96. The van der Waals surface area contributed by atoms with Gasteiger partial charge in [0, 0.05) is 31.0 Å². The number of amides is 1. The maximum absolute atomic E-state index is 13.3. The molecular weight excluding hydrogens is 341 g/mol. The Kier molecular flexibility index (Phi) is 5.21. The van der Waals surface area contributed by atoms with Gasteiger partial charge >= 0.3 is 0 Å². The Morgan fingerprint density at radius 2 is 1.96 bits per heavy atom. The van der Waals surface area contributed by atoms with Crippen LogP contribution in [0.25, 0.3) is 5.52 Å². The van der Waals surface area contributed by atoms with Crippen LogP contribution in [0.5, 0.6) is 0 Å². The highest BCUT2D eigenvalue weighted by Gasteiger charge is 2.20. The molecular formula is C22H24FN3O. The van der Waals surface area contributed by atoms with E-state index in [-0.39, 0.29) is 11.7 Å². The van der Waals surface area contributed by atoms with Crippen molar-refractivity contribution in [2.24, 2.45) is 5.92 Å². The molecule has 0 unspecified atom stereocenters. The first-order chi connectivity index (χ1) is 13.2. The minimum Gasteiger partial charge on any atom is -0.352 e. The molecule has 1 fully saturated rings. The van der Waals surface area contributed by atoms with Crippen molar-refractivity contribution in [3.8, 4) is 0 Å². The third-order valence-corrected chi connectivity index (χ3v) is 5.32. The van der Waals surface area contributed by atoms with E-state index in [2.05, 4.69) is 10.2 Å². The molecule has 140 valence electrons. The summed E-state index contributed by atoms with van der Waals surface area (Å²) in [5, 5.41) is 3.08. The number of carbonyl (C=O) groups excluding carboxylic acids is 1. The minimum atomic E-state index is -0.177. The van der Waals surface area contributed by atoms with Crippen LogP contribution in [0.15, 0.2) is 60.9 Å². The van der Waals surface area contributed by atoms with Crippen LogP contribution in [0.4, 0.5) is 4.39 Å². The van der Waals surface area contributed by atoms with Crippen molar-refractivity contribution in [2.75, 3.05) is 19.6 Å². The van der Waals surface area contributed by atoms with E-state index in [1.165, 1.54) is 6.07 Å². The Hall–Kier alpha value is -2.66. The predicted molar refractivity (Wildman–Crippen MR) is 104 cm³/mol. The molecule has 0 atom stereocenters. The van der Waals surface area contributed by atoms with Gasteiger partial charge in [-0.1, -0.05) is 18.2 Å². The number of halogens is 1. The fourth-order valence-corrected chi connectivity index (χ4v) is 3.76. The molecule has 1 aliphatic rings. The van der Waals surface area contributed by atoms with Crippen LogP contribution in [-0.4, -0.2) is 34.8 Å². The van der Waals surface area contributed by atoms with Gasteiger partial charge in [-0.25, -0.2) is 4.39 Å². The molecule has 4 nitrogen and oxygen atoms in total. The molecule has 27 heavy (non-hydrogen) atoms. The van der Waals surface area contributed by atoms with Crippen molar-refractivity contribution in [3.05, 3.63) is 77.9 Å². The molecule has 0 radical (unpaired) electrons. The van der Waals surface area contributed by atoms with Crippen molar-refractivity contribution in [1.29, 1.82) is 0 Å². The van der Waals surface area contributed by atoms with Crippen LogP contribution in [0.3, 0.4) is 0 Å². The first kappa shape index (κ1) is 17.7. The van der Waals surface area contributed by atoms with Crippen molar-refractivity contribution in [2.45, 2.75) is 19.4 Å². The SMILES string of the molecule is O=C(NCC1CCN(Cc2cccc(F)c2)CC1)c1cc2ccccn2c1. The number of pyridine rings is 1. The highest BCUT2D eigenvalue weighted by Crippen LogP contribution is 2.19. The number of rotatable bonds is 5. The van der Waals surface area contributed by atoms with E-state index in [0.29, 0.717) is 18.0 Å². The van der Waals surface area contributed by atoms with Gasteiger partial charge in [-0.3, -0.25) is 9.69 Å². The molecule has 0 bridgehead atoms. The van der Waals surface area contributed by atoms with Crippen molar-refractivity contribution >= 4 is 11.4 Å². The molecule has 3 aromatic rings. The lowest BCUT2D eigenvalue weighted by Gasteiger charge is -2.32. The summed E-state index contributed by atoms with van der Waals surface area (Å²) in [6.07, 6.45) is 5.91. The van der Waals surface area contributed by atoms with Gasteiger partial charge in [-0.05, 0) is 67.7 Å². The molecule has 1 aliphatic heterocycles. The number of likely N-dealkylation sites (tertiary alicyclic amines) is 1. The number of benzene rings is 1. The molecule has 1 N–H and O–H groups in total. The summed E-state index contributed by atoms with van der Waals surface area (Å²) in [5.41, 5.74) is 2.74. The molecule has 1 amide bonds. The van der Waals surface area contributed by atoms with Crippen LogP contribution in [-0.2, 0) is 6.54 Å². The number of aromatic nitrogens is 1. The van der Waals surface area contributed by atoms with Crippen LogP contribution >= 0.6 is 0 Å². The van der Waals surface area contributed by atoms with Crippen LogP contribution < -0.4 is 5.32 Å². The third-order valence-electron chi connectivity index (χ3n) is 5.32. The summed E-state index contributed by atoms with van der Waals surface area (Å²) in [6.45, 7) is 3.45. The fourth-order valence-electron chi connectivity index (χ4n) is 3.76. The normalized spacial score (nSPS) is 15.9. The van der Waals surface area contributed by atoms with Crippen molar-refractivity contribution < 1.29 is 9.18 Å². The Morgan fingerprint density at radius 3 is 2.74 bits per heavy atom. The monoisotopic (exact) mass is 365 g/mol. The highest BCUT2D eigenvalue weighted by molar-refractivity contribution is 5.95. The zero-order valence-corrected chi connectivity index (χ0v) is 15.3. The zero-order valence-electron chi connectivity index (χ0n) is 15.3. The molecule has 5 heteroatoms. The van der Waals surface area contributed by atoms with Crippen LogP contribution in [0, 0.1) is 11.7 Å². The molecule has 0 saturated carbocycles. The Morgan fingerprint density at radius 1 is 1.11 bits per heavy atom. The topological polar surface area (TPSA) is 36.8 Å². The third kappa shape index (κ3) is 4.37. The maximum Gasteiger partial charge on any atom is 0.252 e. The Balaban J connectivity index is 1.25. The second-order valence-corrected chi connectivity index (χ2v) is 7.32. The van der Waals surface area contributed by atoms with E-state index in [1.54, 1.807) is 12.1 Å². The first-order valence-corrected chi connectivity index (χ1v) is 9.49. The molecule has 3 heterocycles. The van der Waals surface area contributed by atoms with Gasteiger partial charge in [0.2, 0.25) is 0 Å². The Labute approximate surface area is 158 Å². The van der Waals surface area contributed by atoms with Gasteiger partial charge in [0.15, 0.2) is 0 Å². The molecule has 2 aromatic heterocycles. The smallest absolute Gasteiger partial charge is 0.252 e. The van der Waals surface area contributed by atoms with Crippen LogP contribution in [0.1, 0.15) is 28.8 Å². The van der Waals surface area contributed by atoms with Gasteiger partial charge in [0.05, 0.1) is 5.56 Å². The number of piperidine rings is 1. The van der Waals surface area contributed by atoms with Gasteiger partial charge in [0.1, 0.15) is 5.82 Å². The molecule has 1 saturated heterocycles. The number of carbonyl (C=O) groups is 1. The summed E-state index contributed by atoms with van der Waals surface area (Å²) in [7, 11) is 0. The van der Waals surface area contributed by atoms with Gasteiger partial charge in [-0.2, -0.15) is 0 Å². The molecule has 4 rings (SSSR count). The van der Waals surface area contributed by atoms with E-state index in [4.69, 9.17) is 0 Å². The number of fused-ring (bicyclic) bond motifs is 1. The summed E-state index contributed by atoms with van der Waals surface area (Å²) in [5.74, 6) is 0.305.